The van der Waals surface area contributed by atoms with Crippen molar-refractivity contribution in [1.29, 1.82) is 0 Å². The maximum absolute atomic E-state index is 9.77. The maximum Gasteiger partial charge on any atom is 0.184 e. The Morgan fingerprint density at radius 2 is 2.00 bits per heavy atom. The SMILES string of the molecule is CCCCC[C@@H](C)OC1O[C@@H](C)C(O)C[C@H]1O. The fourth-order valence-electron chi connectivity index (χ4n) is 2.04. The normalized spacial score (nSPS) is 35.8. The van der Waals surface area contributed by atoms with Crippen molar-refractivity contribution >= 4 is 0 Å². The van der Waals surface area contributed by atoms with Crippen LogP contribution in [0.25, 0.3) is 0 Å². The first-order chi connectivity index (χ1) is 8.04. The van der Waals surface area contributed by atoms with Crippen LogP contribution in [0.4, 0.5) is 0 Å². The zero-order valence-corrected chi connectivity index (χ0v) is 11.1. The predicted octanol–water partition coefficient (Wildman–Crippen LogP) is 1.83. The Kier molecular flexibility index (Phi) is 6.41. The topological polar surface area (TPSA) is 58.9 Å². The van der Waals surface area contributed by atoms with Gasteiger partial charge in [-0.15, -0.1) is 0 Å². The molecular weight excluding hydrogens is 220 g/mol. The van der Waals surface area contributed by atoms with Gasteiger partial charge in [-0.1, -0.05) is 26.2 Å². The first-order valence-electron chi connectivity index (χ1n) is 6.71. The van der Waals surface area contributed by atoms with E-state index >= 15 is 0 Å². The smallest absolute Gasteiger partial charge is 0.184 e. The zero-order chi connectivity index (χ0) is 12.8. The van der Waals surface area contributed by atoms with E-state index in [9.17, 15) is 10.2 Å². The molecule has 0 aromatic heterocycles. The van der Waals surface area contributed by atoms with Gasteiger partial charge < -0.3 is 19.7 Å². The molecule has 2 unspecified atom stereocenters. The molecule has 17 heavy (non-hydrogen) atoms. The van der Waals surface area contributed by atoms with E-state index in [-0.39, 0.29) is 12.2 Å². The van der Waals surface area contributed by atoms with Crippen LogP contribution < -0.4 is 0 Å². The average Bonchev–Trinajstić information content (AvgIpc) is 2.26. The van der Waals surface area contributed by atoms with Gasteiger partial charge in [0, 0.05) is 6.42 Å². The molecular formula is C13H26O4. The van der Waals surface area contributed by atoms with Gasteiger partial charge in [-0.3, -0.25) is 0 Å². The molecule has 0 spiro atoms. The van der Waals surface area contributed by atoms with E-state index in [1.165, 1.54) is 12.8 Å². The second-order valence-corrected chi connectivity index (χ2v) is 5.02. The highest BCUT2D eigenvalue weighted by atomic mass is 16.7. The number of hydrogen-bond donors (Lipinski definition) is 2. The van der Waals surface area contributed by atoms with Gasteiger partial charge in [0.2, 0.25) is 0 Å². The lowest BCUT2D eigenvalue weighted by atomic mass is 10.0. The highest BCUT2D eigenvalue weighted by Gasteiger charge is 2.35. The largest absolute Gasteiger partial charge is 0.390 e. The van der Waals surface area contributed by atoms with Crippen LogP contribution in [0.5, 0.6) is 0 Å². The van der Waals surface area contributed by atoms with Crippen LogP contribution >= 0.6 is 0 Å². The summed E-state index contributed by atoms with van der Waals surface area (Å²) in [6.07, 6.45) is 2.74. The lowest BCUT2D eigenvalue weighted by Crippen LogP contribution is -2.48. The Labute approximate surface area is 104 Å². The summed E-state index contributed by atoms with van der Waals surface area (Å²) < 4.78 is 11.2. The van der Waals surface area contributed by atoms with Crippen molar-refractivity contribution in [3.05, 3.63) is 0 Å². The van der Waals surface area contributed by atoms with Crippen LogP contribution in [-0.4, -0.2) is 40.9 Å². The van der Waals surface area contributed by atoms with Crippen LogP contribution in [0.15, 0.2) is 0 Å². The lowest BCUT2D eigenvalue weighted by Gasteiger charge is -2.36. The summed E-state index contributed by atoms with van der Waals surface area (Å²) in [5, 5.41) is 19.3. The third-order valence-electron chi connectivity index (χ3n) is 3.27. The minimum Gasteiger partial charge on any atom is -0.390 e. The molecule has 1 aliphatic rings. The third-order valence-corrected chi connectivity index (χ3v) is 3.27. The third kappa shape index (κ3) is 4.92. The van der Waals surface area contributed by atoms with Gasteiger partial charge in [0.1, 0.15) is 6.10 Å². The number of rotatable bonds is 6. The summed E-state index contributed by atoms with van der Waals surface area (Å²) in [5.41, 5.74) is 0. The van der Waals surface area contributed by atoms with Crippen molar-refractivity contribution in [2.45, 2.75) is 83.6 Å². The van der Waals surface area contributed by atoms with E-state index in [0.29, 0.717) is 6.42 Å². The average molecular weight is 246 g/mol. The van der Waals surface area contributed by atoms with Gasteiger partial charge in [-0.2, -0.15) is 0 Å². The van der Waals surface area contributed by atoms with Crippen LogP contribution in [-0.2, 0) is 9.47 Å². The van der Waals surface area contributed by atoms with E-state index in [1.807, 2.05) is 6.92 Å². The molecule has 0 aliphatic carbocycles. The quantitative estimate of drug-likeness (QED) is 0.702. The summed E-state index contributed by atoms with van der Waals surface area (Å²) in [6, 6.07) is 0. The standard InChI is InChI=1S/C13H26O4/c1-4-5-6-7-9(2)16-13-12(15)8-11(14)10(3)17-13/h9-15H,4-8H2,1-3H3/t9-,10+,11?,12-,13?/m1/s1. The minimum atomic E-state index is -0.727. The number of aliphatic hydroxyl groups excluding tert-OH is 2. The van der Waals surface area contributed by atoms with Crippen molar-refractivity contribution in [3.63, 3.8) is 0 Å². The predicted molar refractivity (Wildman–Crippen MR) is 65.7 cm³/mol. The molecule has 0 amide bonds. The van der Waals surface area contributed by atoms with Gasteiger partial charge in [-0.25, -0.2) is 0 Å². The molecule has 4 heteroatoms. The van der Waals surface area contributed by atoms with Crippen molar-refractivity contribution in [2.24, 2.45) is 0 Å². The van der Waals surface area contributed by atoms with Crippen molar-refractivity contribution in [2.75, 3.05) is 0 Å². The van der Waals surface area contributed by atoms with Crippen molar-refractivity contribution < 1.29 is 19.7 Å². The summed E-state index contributed by atoms with van der Waals surface area (Å²) in [5.74, 6) is 0. The van der Waals surface area contributed by atoms with Crippen LogP contribution in [0.1, 0.15) is 52.9 Å². The summed E-state index contributed by atoms with van der Waals surface area (Å²) >= 11 is 0. The second-order valence-electron chi connectivity index (χ2n) is 5.02. The molecule has 5 atom stereocenters. The monoisotopic (exact) mass is 246 g/mol. The Balaban J connectivity index is 2.29. The molecule has 102 valence electrons. The molecule has 2 N–H and O–H groups in total. The Hall–Kier alpha value is -0.160. The molecule has 1 rings (SSSR count). The van der Waals surface area contributed by atoms with Crippen molar-refractivity contribution in [3.8, 4) is 0 Å². The highest BCUT2D eigenvalue weighted by Crippen LogP contribution is 2.22. The van der Waals surface area contributed by atoms with Gasteiger partial charge >= 0.3 is 0 Å². The van der Waals surface area contributed by atoms with E-state index in [1.54, 1.807) is 6.92 Å². The minimum absolute atomic E-state index is 0.0867. The second kappa shape index (κ2) is 7.31. The molecule has 0 aromatic carbocycles. The Morgan fingerprint density at radius 3 is 2.65 bits per heavy atom. The van der Waals surface area contributed by atoms with Gasteiger partial charge in [0.25, 0.3) is 0 Å². The highest BCUT2D eigenvalue weighted by molar-refractivity contribution is 4.78. The first-order valence-corrected chi connectivity index (χ1v) is 6.71. The van der Waals surface area contributed by atoms with E-state index in [2.05, 4.69) is 6.92 Å². The molecule has 0 bridgehead atoms. The molecule has 1 heterocycles. The van der Waals surface area contributed by atoms with E-state index in [0.717, 1.165) is 12.8 Å². The number of ether oxygens (including phenoxy) is 2. The lowest BCUT2D eigenvalue weighted by molar-refractivity contribution is -0.273. The number of hydrogen-bond acceptors (Lipinski definition) is 4. The van der Waals surface area contributed by atoms with Gasteiger partial charge in [0.15, 0.2) is 6.29 Å². The number of unbranched alkanes of at least 4 members (excludes halogenated alkanes) is 2. The molecule has 0 aromatic rings. The molecule has 1 fully saturated rings. The molecule has 0 radical (unpaired) electrons. The molecule has 1 aliphatic heterocycles. The summed E-state index contributed by atoms with van der Waals surface area (Å²) in [7, 11) is 0. The fraction of sp³-hybridized carbons (Fsp3) is 1.00. The van der Waals surface area contributed by atoms with E-state index in [4.69, 9.17) is 9.47 Å². The van der Waals surface area contributed by atoms with Crippen LogP contribution in [0.2, 0.25) is 0 Å². The summed E-state index contributed by atoms with van der Waals surface area (Å²) in [4.78, 5) is 0. The van der Waals surface area contributed by atoms with Gasteiger partial charge in [-0.05, 0) is 20.3 Å². The van der Waals surface area contributed by atoms with E-state index < -0.39 is 18.5 Å². The Bertz CT molecular complexity index is 210. The first kappa shape index (κ1) is 14.9. The number of aliphatic hydroxyl groups is 2. The maximum atomic E-state index is 9.77. The van der Waals surface area contributed by atoms with Crippen LogP contribution in [0, 0.1) is 0 Å². The zero-order valence-electron chi connectivity index (χ0n) is 11.1. The van der Waals surface area contributed by atoms with Crippen LogP contribution in [0.3, 0.4) is 0 Å². The molecule has 1 saturated heterocycles. The molecule has 0 saturated carbocycles. The van der Waals surface area contributed by atoms with Crippen molar-refractivity contribution in [1.82, 2.24) is 0 Å². The fourth-order valence-corrected chi connectivity index (χ4v) is 2.04. The Morgan fingerprint density at radius 1 is 1.29 bits per heavy atom. The molecule has 4 nitrogen and oxygen atoms in total. The summed E-state index contributed by atoms with van der Waals surface area (Å²) in [6.45, 7) is 5.97. The van der Waals surface area contributed by atoms with Gasteiger partial charge in [0.05, 0.1) is 18.3 Å².